The minimum Gasteiger partial charge on any atom is -0.496 e. The second kappa shape index (κ2) is 11.7. The SMILES string of the molecule is COc1cc(OC)c(OC)cc1/C=c1/s/c(=C(/C#N)C(=O)Nc2ccc(C)cc2)n(-c2ccc(C)cc2)c1=O. The van der Waals surface area contributed by atoms with Crippen molar-refractivity contribution in [1.29, 1.82) is 5.26 Å². The molecule has 0 aliphatic rings. The van der Waals surface area contributed by atoms with Gasteiger partial charge in [-0.2, -0.15) is 5.26 Å². The van der Waals surface area contributed by atoms with E-state index in [0.717, 1.165) is 22.5 Å². The number of aromatic nitrogens is 1. The number of thiazole rings is 1. The third-order valence-electron chi connectivity index (χ3n) is 6.00. The molecule has 0 radical (unpaired) electrons. The summed E-state index contributed by atoms with van der Waals surface area (Å²) in [7, 11) is 4.55. The summed E-state index contributed by atoms with van der Waals surface area (Å²) in [5.74, 6) is 0.787. The van der Waals surface area contributed by atoms with E-state index in [-0.39, 0.29) is 15.8 Å². The molecule has 0 spiro atoms. The minimum atomic E-state index is -0.612. The molecule has 0 saturated heterocycles. The van der Waals surface area contributed by atoms with Gasteiger partial charge >= 0.3 is 0 Å². The van der Waals surface area contributed by atoms with Gasteiger partial charge in [0.2, 0.25) is 0 Å². The standard InChI is InChI=1S/C30H27N3O5S/c1-18-6-10-21(11-7-18)32-28(34)23(17-31)30-33(22-12-8-19(2)9-13-22)29(35)27(39-30)15-20-14-25(37-4)26(38-5)16-24(20)36-3/h6-16H,1-5H3,(H,32,34)/b27-15+,30-23-. The van der Waals surface area contributed by atoms with Gasteiger partial charge in [-0.15, -0.1) is 11.3 Å². The van der Waals surface area contributed by atoms with Crippen molar-refractivity contribution in [2.24, 2.45) is 0 Å². The first-order chi connectivity index (χ1) is 18.8. The second-order valence-corrected chi connectivity index (χ2v) is 9.68. The fourth-order valence-corrected chi connectivity index (χ4v) is 5.00. The van der Waals surface area contributed by atoms with E-state index in [9.17, 15) is 14.9 Å². The van der Waals surface area contributed by atoms with Crippen molar-refractivity contribution < 1.29 is 19.0 Å². The van der Waals surface area contributed by atoms with Gasteiger partial charge in [-0.05, 0) is 50.3 Å². The van der Waals surface area contributed by atoms with Gasteiger partial charge in [0.05, 0.1) is 31.5 Å². The van der Waals surface area contributed by atoms with Gasteiger partial charge in [0.25, 0.3) is 11.5 Å². The zero-order chi connectivity index (χ0) is 28.1. The van der Waals surface area contributed by atoms with Crippen molar-refractivity contribution in [3.63, 3.8) is 0 Å². The molecule has 8 nitrogen and oxygen atoms in total. The third-order valence-corrected chi connectivity index (χ3v) is 7.09. The van der Waals surface area contributed by atoms with Crippen LogP contribution in [0.15, 0.2) is 65.5 Å². The minimum absolute atomic E-state index is 0.183. The Balaban J connectivity index is 1.99. The molecule has 1 aromatic heterocycles. The molecule has 39 heavy (non-hydrogen) atoms. The van der Waals surface area contributed by atoms with Crippen LogP contribution in [-0.2, 0) is 4.79 Å². The van der Waals surface area contributed by atoms with Crippen molar-refractivity contribution in [2.75, 3.05) is 26.6 Å². The van der Waals surface area contributed by atoms with E-state index in [4.69, 9.17) is 14.2 Å². The van der Waals surface area contributed by atoms with E-state index in [1.807, 2.05) is 44.2 Å². The molecular formula is C30H27N3O5S. The van der Waals surface area contributed by atoms with E-state index < -0.39 is 5.91 Å². The van der Waals surface area contributed by atoms with Gasteiger partial charge in [-0.1, -0.05) is 35.4 Å². The summed E-state index contributed by atoms with van der Waals surface area (Å²) in [6, 6.07) is 19.9. The highest BCUT2D eigenvalue weighted by atomic mass is 32.1. The normalized spacial score (nSPS) is 11.9. The smallest absolute Gasteiger partial charge is 0.273 e. The van der Waals surface area contributed by atoms with Gasteiger partial charge in [0, 0.05) is 17.3 Å². The lowest BCUT2D eigenvalue weighted by atomic mass is 10.1. The van der Waals surface area contributed by atoms with Crippen LogP contribution in [0.4, 0.5) is 5.69 Å². The molecule has 0 aliphatic heterocycles. The maximum absolute atomic E-state index is 13.8. The first kappa shape index (κ1) is 27.2. The molecule has 4 aromatic rings. The van der Waals surface area contributed by atoms with Crippen molar-refractivity contribution in [3.8, 4) is 29.0 Å². The molecule has 4 rings (SSSR count). The van der Waals surface area contributed by atoms with E-state index in [1.165, 1.54) is 25.9 Å². The molecule has 198 valence electrons. The van der Waals surface area contributed by atoms with E-state index in [2.05, 4.69) is 5.32 Å². The number of rotatable bonds is 7. The molecule has 0 bridgehead atoms. The van der Waals surface area contributed by atoms with Crippen molar-refractivity contribution >= 4 is 34.6 Å². The average Bonchev–Trinajstić information content (AvgIpc) is 3.25. The molecule has 0 aliphatic carbocycles. The van der Waals surface area contributed by atoms with Crippen LogP contribution in [-0.4, -0.2) is 31.8 Å². The molecule has 0 unspecified atom stereocenters. The number of carbonyl (C=O) groups excluding carboxylic acids is 1. The van der Waals surface area contributed by atoms with Crippen LogP contribution in [0, 0.1) is 25.2 Å². The topological polar surface area (TPSA) is 103 Å². The number of nitrogens with one attached hydrogen (secondary N) is 1. The number of hydrogen-bond acceptors (Lipinski definition) is 7. The Morgan fingerprint density at radius 2 is 1.46 bits per heavy atom. The van der Waals surface area contributed by atoms with Crippen molar-refractivity contribution in [1.82, 2.24) is 4.57 Å². The van der Waals surface area contributed by atoms with Crippen LogP contribution in [0.25, 0.3) is 17.3 Å². The number of nitriles is 1. The van der Waals surface area contributed by atoms with Crippen LogP contribution in [0.1, 0.15) is 16.7 Å². The Labute approximate surface area is 229 Å². The monoisotopic (exact) mass is 541 g/mol. The molecule has 1 amide bonds. The van der Waals surface area contributed by atoms with Gasteiger partial charge < -0.3 is 19.5 Å². The van der Waals surface area contributed by atoms with Crippen molar-refractivity contribution in [3.05, 3.63) is 96.9 Å². The van der Waals surface area contributed by atoms with Gasteiger partial charge in [0.1, 0.15) is 16.5 Å². The van der Waals surface area contributed by atoms with Crippen LogP contribution < -0.4 is 34.3 Å². The number of carbonyl (C=O) groups is 1. The van der Waals surface area contributed by atoms with E-state index in [0.29, 0.717) is 38.7 Å². The highest BCUT2D eigenvalue weighted by Crippen LogP contribution is 2.34. The maximum atomic E-state index is 13.8. The summed E-state index contributed by atoms with van der Waals surface area (Å²) >= 11 is 1.04. The Hall–Kier alpha value is -4.81. The average molecular weight is 542 g/mol. The summed E-state index contributed by atoms with van der Waals surface area (Å²) in [5.41, 5.74) is 3.12. The lowest BCUT2D eigenvalue weighted by molar-refractivity contribution is -0.111. The highest BCUT2D eigenvalue weighted by molar-refractivity contribution is 7.07. The number of hydrogen-bond donors (Lipinski definition) is 1. The molecule has 1 N–H and O–H groups in total. The number of aryl methyl sites for hydroxylation is 2. The van der Waals surface area contributed by atoms with Gasteiger partial charge in [-0.3, -0.25) is 14.2 Å². The first-order valence-electron chi connectivity index (χ1n) is 11.9. The summed E-state index contributed by atoms with van der Waals surface area (Å²) in [6.45, 7) is 3.88. The zero-order valence-electron chi connectivity index (χ0n) is 22.2. The quantitative estimate of drug-likeness (QED) is 0.383. The number of nitrogens with zero attached hydrogens (tertiary/aromatic N) is 2. The largest absolute Gasteiger partial charge is 0.496 e. The Morgan fingerprint density at radius 3 is 2.03 bits per heavy atom. The zero-order valence-corrected chi connectivity index (χ0v) is 23.0. The molecule has 3 aromatic carbocycles. The highest BCUT2D eigenvalue weighted by Gasteiger charge is 2.18. The molecule has 0 fully saturated rings. The van der Waals surface area contributed by atoms with E-state index >= 15 is 0 Å². The first-order valence-corrected chi connectivity index (χ1v) is 12.7. The van der Waals surface area contributed by atoms with Crippen LogP contribution in [0.5, 0.6) is 17.2 Å². The Kier molecular flexibility index (Phi) is 8.18. The van der Waals surface area contributed by atoms with Gasteiger partial charge in [0.15, 0.2) is 17.1 Å². The third kappa shape index (κ3) is 5.71. The lowest BCUT2D eigenvalue weighted by Crippen LogP contribution is -2.32. The maximum Gasteiger partial charge on any atom is 0.273 e. The second-order valence-electron chi connectivity index (χ2n) is 8.65. The van der Waals surface area contributed by atoms with E-state index in [1.54, 1.807) is 42.5 Å². The van der Waals surface area contributed by atoms with Gasteiger partial charge in [-0.25, -0.2) is 0 Å². The summed E-state index contributed by atoms with van der Waals surface area (Å²) in [6.07, 6.45) is 1.65. The summed E-state index contributed by atoms with van der Waals surface area (Å²) < 4.78 is 18.2. The van der Waals surface area contributed by atoms with Crippen LogP contribution in [0.2, 0.25) is 0 Å². The molecule has 9 heteroatoms. The fraction of sp³-hybridized carbons (Fsp3) is 0.167. The molecule has 0 saturated carbocycles. The van der Waals surface area contributed by atoms with Crippen molar-refractivity contribution in [2.45, 2.75) is 13.8 Å². The molecule has 1 heterocycles. The number of amides is 1. The summed E-state index contributed by atoms with van der Waals surface area (Å²) in [4.78, 5) is 27.0. The molecular weight excluding hydrogens is 514 g/mol. The Morgan fingerprint density at radius 1 is 0.897 bits per heavy atom. The van der Waals surface area contributed by atoms with Crippen LogP contribution >= 0.6 is 11.3 Å². The Bertz CT molecular complexity index is 1750. The number of benzene rings is 3. The fourth-order valence-electron chi connectivity index (χ4n) is 3.91. The predicted octanol–water partition coefficient (Wildman–Crippen LogP) is 3.68. The predicted molar refractivity (Wildman–Crippen MR) is 152 cm³/mol. The lowest BCUT2D eigenvalue weighted by Gasteiger charge is -2.11. The summed E-state index contributed by atoms with van der Waals surface area (Å²) in [5, 5.41) is 12.8. The number of ether oxygens (including phenoxy) is 3. The van der Waals surface area contributed by atoms with Crippen LogP contribution in [0.3, 0.4) is 0 Å². The number of methoxy groups -OCH3 is 3. The molecule has 0 atom stereocenters. The number of anilines is 1.